The molecule has 2 aromatic rings. The third-order valence-corrected chi connectivity index (χ3v) is 3.55. The normalized spacial score (nSPS) is 10.2. The Morgan fingerprint density at radius 3 is 2.38 bits per heavy atom. The van der Waals surface area contributed by atoms with Gasteiger partial charge < -0.3 is 14.2 Å². The molecule has 24 heavy (non-hydrogen) atoms. The third-order valence-electron chi connectivity index (χ3n) is 3.31. The second-order valence-electron chi connectivity index (χ2n) is 5.12. The van der Waals surface area contributed by atoms with Crippen LogP contribution in [0.3, 0.4) is 0 Å². The van der Waals surface area contributed by atoms with E-state index in [4.69, 9.17) is 21.1 Å². The lowest BCUT2D eigenvalue weighted by Crippen LogP contribution is -2.19. The first-order valence-electron chi connectivity index (χ1n) is 7.20. The monoisotopic (exact) mass is 348 g/mol. The number of hydrogen-bond acceptors (Lipinski definition) is 5. The minimum atomic E-state index is -0.643. The van der Waals surface area contributed by atoms with Crippen LogP contribution in [-0.2, 0) is 9.53 Å². The summed E-state index contributed by atoms with van der Waals surface area (Å²) in [5.74, 6) is -0.568. The maximum absolute atomic E-state index is 12.0. The van der Waals surface area contributed by atoms with Crippen LogP contribution < -0.4 is 9.47 Å². The van der Waals surface area contributed by atoms with E-state index in [9.17, 15) is 9.59 Å². The fourth-order valence-electron chi connectivity index (χ4n) is 2.17. The number of halogens is 1. The summed E-state index contributed by atoms with van der Waals surface area (Å²) >= 11 is 5.86. The number of methoxy groups -OCH3 is 1. The average Bonchev–Trinajstić information content (AvgIpc) is 2.55. The van der Waals surface area contributed by atoms with Gasteiger partial charge in [-0.25, -0.2) is 9.59 Å². The number of esters is 2. The molecule has 5 nitrogen and oxygen atoms in total. The molecule has 0 aliphatic rings. The minimum Gasteiger partial charge on any atom is -0.481 e. The zero-order chi connectivity index (χ0) is 17.7. The molecule has 0 aliphatic carbocycles. The van der Waals surface area contributed by atoms with Crippen molar-refractivity contribution < 1.29 is 23.8 Å². The Morgan fingerprint density at radius 1 is 1.08 bits per heavy atom. The zero-order valence-corrected chi connectivity index (χ0v) is 14.3. The number of carbonyl (C=O) groups excluding carboxylic acids is 2. The maximum Gasteiger partial charge on any atom is 0.349 e. The van der Waals surface area contributed by atoms with Gasteiger partial charge in [-0.3, -0.25) is 0 Å². The van der Waals surface area contributed by atoms with Crippen LogP contribution in [0.25, 0.3) is 0 Å². The van der Waals surface area contributed by atoms with E-state index in [0.29, 0.717) is 10.8 Å². The largest absolute Gasteiger partial charge is 0.481 e. The van der Waals surface area contributed by atoms with Crippen molar-refractivity contribution >= 4 is 23.5 Å². The molecule has 126 valence electrons. The Kier molecular flexibility index (Phi) is 5.82. The fraction of sp³-hybridized carbons (Fsp3) is 0.222. The molecule has 0 bridgehead atoms. The Hall–Kier alpha value is -2.53. The van der Waals surface area contributed by atoms with E-state index in [-0.39, 0.29) is 17.9 Å². The van der Waals surface area contributed by atoms with Crippen molar-refractivity contribution in [1.29, 1.82) is 0 Å². The number of aryl methyl sites for hydroxylation is 2. The first kappa shape index (κ1) is 17.8. The van der Waals surface area contributed by atoms with Gasteiger partial charge >= 0.3 is 11.9 Å². The van der Waals surface area contributed by atoms with Crippen LogP contribution in [-0.4, -0.2) is 25.7 Å². The molecule has 0 unspecified atom stereocenters. The highest BCUT2D eigenvalue weighted by atomic mass is 35.5. The van der Waals surface area contributed by atoms with E-state index in [2.05, 4.69) is 4.74 Å². The van der Waals surface area contributed by atoms with Gasteiger partial charge in [0.15, 0.2) is 6.61 Å². The first-order chi connectivity index (χ1) is 11.4. The molecule has 0 N–H and O–H groups in total. The summed E-state index contributed by atoms with van der Waals surface area (Å²) in [5, 5.41) is 0.335. The summed E-state index contributed by atoms with van der Waals surface area (Å²) in [6, 6.07) is 10.0. The molecular formula is C18H17ClO5. The Bertz CT molecular complexity index is 750. The van der Waals surface area contributed by atoms with Crippen LogP contribution in [0, 0.1) is 13.8 Å². The highest BCUT2D eigenvalue weighted by Gasteiger charge is 2.17. The molecule has 0 radical (unpaired) electrons. The standard InChI is InChI=1S/C18H17ClO5/c1-11-5-4-6-12(2)17(11)23-10-16(20)24-15-8-7-13(19)9-14(15)18(21)22-3/h4-9H,10H2,1-3H3. The topological polar surface area (TPSA) is 61.8 Å². The second-order valence-corrected chi connectivity index (χ2v) is 5.55. The van der Waals surface area contributed by atoms with Gasteiger partial charge in [-0.15, -0.1) is 0 Å². The second kappa shape index (κ2) is 7.84. The lowest BCUT2D eigenvalue weighted by atomic mass is 10.1. The molecule has 6 heteroatoms. The average molecular weight is 349 g/mol. The molecule has 0 saturated carbocycles. The first-order valence-corrected chi connectivity index (χ1v) is 7.57. The van der Waals surface area contributed by atoms with E-state index in [1.165, 1.54) is 25.3 Å². The van der Waals surface area contributed by atoms with Crippen molar-refractivity contribution in [2.24, 2.45) is 0 Å². The van der Waals surface area contributed by atoms with Gasteiger partial charge in [-0.05, 0) is 43.2 Å². The van der Waals surface area contributed by atoms with Crippen LogP contribution in [0.4, 0.5) is 0 Å². The predicted octanol–water partition coefficient (Wildman–Crippen LogP) is 3.73. The van der Waals surface area contributed by atoms with Crippen molar-refractivity contribution in [3.8, 4) is 11.5 Å². The summed E-state index contributed by atoms with van der Waals surface area (Å²) in [7, 11) is 1.24. The summed E-state index contributed by atoms with van der Waals surface area (Å²) in [6.07, 6.45) is 0. The number of rotatable bonds is 5. The Morgan fingerprint density at radius 2 is 1.75 bits per heavy atom. The maximum atomic E-state index is 12.0. The SMILES string of the molecule is COC(=O)c1cc(Cl)ccc1OC(=O)COc1c(C)cccc1C. The van der Waals surface area contributed by atoms with E-state index in [1.54, 1.807) is 0 Å². The van der Waals surface area contributed by atoms with Gasteiger partial charge in [-0.2, -0.15) is 0 Å². The van der Waals surface area contributed by atoms with E-state index >= 15 is 0 Å². The van der Waals surface area contributed by atoms with Crippen molar-refractivity contribution in [3.05, 3.63) is 58.1 Å². The highest BCUT2D eigenvalue weighted by molar-refractivity contribution is 6.31. The number of para-hydroxylation sites is 1. The van der Waals surface area contributed by atoms with Crippen molar-refractivity contribution in [2.75, 3.05) is 13.7 Å². The molecule has 0 aromatic heterocycles. The van der Waals surface area contributed by atoms with Crippen LogP contribution in [0.15, 0.2) is 36.4 Å². The molecule has 0 atom stereocenters. The van der Waals surface area contributed by atoms with Crippen molar-refractivity contribution in [3.63, 3.8) is 0 Å². The summed E-state index contributed by atoms with van der Waals surface area (Å²) < 4.78 is 15.4. The van der Waals surface area contributed by atoms with Gasteiger partial charge in [0.05, 0.1) is 7.11 Å². The van der Waals surface area contributed by atoms with Gasteiger partial charge in [0.1, 0.15) is 17.1 Å². The smallest absolute Gasteiger partial charge is 0.349 e. The van der Waals surface area contributed by atoms with E-state index in [0.717, 1.165) is 11.1 Å². The number of hydrogen-bond donors (Lipinski definition) is 0. The molecule has 0 saturated heterocycles. The summed E-state index contributed by atoms with van der Waals surface area (Å²) in [5.41, 5.74) is 1.92. The molecule has 0 fully saturated rings. The molecule has 0 spiro atoms. The van der Waals surface area contributed by atoms with Gasteiger partial charge in [0, 0.05) is 5.02 Å². The third kappa shape index (κ3) is 4.26. The predicted molar refractivity (Wildman–Crippen MR) is 89.8 cm³/mol. The minimum absolute atomic E-state index is 0.0707. The number of carbonyl (C=O) groups is 2. The molecule has 2 rings (SSSR count). The van der Waals surface area contributed by atoms with Crippen LogP contribution in [0.1, 0.15) is 21.5 Å². The molecular weight excluding hydrogens is 332 g/mol. The quantitative estimate of drug-likeness (QED) is 0.608. The fourth-order valence-corrected chi connectivity index (χ4v) is 2.34. The van der Waals surface area contributed by atoms with Crippen LogP contribution in [0.5, 0.6) is 11.5 Å². The lowest BCUT2D eigenvalue weighted by Gasteiger charge is -2.12. The van der Waals surface area contributed by atoms with Crippen molar-refractivity contribution in [1.82, 2.24) is 0 Å². The van der Waals surface area contributed by atoms with Gasteiger partial charge in [0.2, 0.25) is 0 Å². The molecule has 0 heterocycles. The number of benzene rings is 2. The zero-order valence-electron chi connectivity index (χ0n) is 13.6. The van der Waals surface area contributed by atoms with Crippen LogP contribution >= 0.6 is 11.6 Å². The molecule has 2 aromatic carbocycles. The van der Waals surface area contributed by atoms with Gasteiger partial charge in [0.25, 0.3) is 0 Å². The Balaban J connectivity index is 2.09. The molecule has 0 aliphatic heterocycles. The van der Waals surface area contributed by atoms with Crippen molar-refractivity contribution in [2.45, 2.75) is 13.8 Å². The highest BCUT2D eigenvalue weighted by Crippen LogP contribution is 2.25. The Labute approximate surface area is 145 Å². The number of ether oxygens (including phenoxy) is 3. The lowest BCUT2D eigenvalue weighted by molar-refractivity contribution is -0.136. The summed E-state index contributed by atoms with van der Waals surface area (Å²) in [6.45, 7) is 3.50. The van der Waals surface area contributed by atoms with E-state index in [1.807, 2.05) is 32.0 Å². The van der Waals surface area contributed by atoms with Gasteiger partial charge in [-0.1, -0.05) is 29.8 Å². The molecule has 0 amide bonds. The summed E-state index contributed by atoms with van der Waals surface area (Å²) in [4.78, 5) is 23.8. The van der Waals surface area contributed by atoms with Crippen LogP contribution in [0.2, 0.25) is 5.02 Å². The van der Waals surface area contributed by atoms with E-state index < -0.39 is 11.9 Å².